The number of para-hydroxylation sites is 3. The molecule has 0 radical (unpaired) electrons. The molecule has 2 heterocycles. The topological polar surface area (TPSA) is 104 Å². The van der Waals surface area contributed by atoms with Crippen LogP contribution in [0.2, 0.25) is 0 Å². The lowest BCUT2D eigenvalue weighted by atomic mass is 10.1. The maximum atomic E-state index is 11.8. The molecule has 2 aromatic heterocycles. The van der Waals surface area contributed by atoms with Gasteiger partial charge in [0.05, 0.1) is 27.8 Å². The zero-order valence-corrected chi connectivity index (χ0v) is 18.0. The molecular formula is C24H21N5O2S. The second-order valence-electron chi connectivity index (χ2n) is 7.38. The zero-order chi connectivity index (χ0) is 22.3. The number of sulfone groups is 1. The van der Waals surface area contributed by atoms with Crippen LogP contribution in [0.1, 0.15) is 1.43 Å². The van der Waals surface area contributed by atoms with Crippen molar-refractivity contribution in [3.05, 3.63) is 85.1 Å². The lowest BCUT2D eigenvalue weighted by Crippen LogP contribution is -2.04. The summed E-state index contributed by atoms with van der Waals surface area (Å²) in [6.07, 6.45) is 2.75. The fourth-order valence-electron chi connectivity index (χ4n) is 3.60. The molecule has 160 valence electrons. The number of fused-ring (bicyclic) bond motifs is 1. The minimum absolute atomic E-state index is 0. The van der Waals surface area contributed by atoms with Gasteiger partial charge in [-0.15, -0.1) is 0 Å². The van der Waals surface area contributed by atoms with Crippen LogP contribution in [-0.4, -0.2) is 34.2 Å². The highest BCUT2D eigenvalue weighted by Gasteiger charge is 2.19. The van der Waals surface area contributed by atoms with Crippen LogP contribution < -0.4 is 5.73 Å². The van der Waals surface area contributed by atoms with E-state index in [0.717, 1.165) is 22.3 Å². The number of benzene rings is 3. The Morgan fingerprint density at radius 3 is 2.28 bits per heavy atom. The molecule has 0 fully saturated rings. The standard InChI is InChI=1S/C24H19N5O2S.H2/c1-32(30,31)18-13-11-16(12-14-18)20-15-26-23(25)22(27-20)24-28-19-9-5-6-10-21(19)29(24)17-7-3-2-4-8-17;/h2-15H,1H3,(H2,25,26);1H. The summed E-state index contributed by atoms with van der Waals surface area (Å²) in [7, 11) is -3.28. The average molecular weight is 444 g/mol. The number of aromatic nitrogens is 4. The molecule has 0 bridgehead atoms. The molecule has 0 unspecified atom stereocenters. The number of nitrogens with zero attached hydrogens (tertiary/aromatic N) is 4. The van der Waals surface area contributed by atoms with E-state index in [1.54, 1.807) is 30.5 Å². The van der Waals surface area contributed by atoms with Crippen molar-refractivity contribution in [2.75, 3.05) is 12.0 Å². The average Bonchev–Trinajstić information content (AvgIpc) is 3.19. The normalized spacial score (nSPS) is 11.7. The third-order valence-electron chi connectivity index (χ3n) is 5.17. The summed E-state index contributed by atoms with van der Waals surface area (Å²) in [6, 6.07) is 24.2. The minimum atomic E-state index is -3.28. The van der Waals surface area contributed by atoms with Gasteiger partial charge >= 0.3 is 0 Å². The van der Waals surface area contributed by atoms with E-state index in [0.29, 0.717) is 17.2 Å². The Morgan fingerprint density at radius 2 is 1.56 bits per heavy atom. The van der Waals surface area contributed by atoms with E-state index in [9.17, 15) is 8.42 Å². The van der Waals surface area contributed by atoms with Crippen molar-refractivity contribution in [3.63, 3.8) is 0 Å². The summed E-state index contributed by atoms with van der Waals surface area (Å²) < 4.78 is 25.5. The maximum absolute atomic E-state index is 11.8. The highest BCUT2D eigenvalue weighted by atomic mass is 32.2. The SMILES string of the molecule is CS(=O)(=O)c1ccc(-c2cnc(N)c(-c3nc4ccccc4n3-c3ccccc3)n2)cc1.[HH]. The third-order valence-corrected chi connectivity index (χ3v) is 6.29. The van der Waals surface area contributed by atoms with Gasteiger partial charge in [-0.1, -0.05) is 42.5 Å². The highest BCUT2D eigenvalue weighted by molar-refractivity contribution is 7.90. The summed E-state index contributed by atoms with van der Waals surface area (Å²) in [4.78, 5) is 14.2. The van der Waals surface area contributed by atoms with Crippen molar-refractivity contribution in [1.29, 1.82) is 0 Å². The number of rotatable bonds is 4. The van der Waals surface area contributed by atoms with Crippen LogP contribution in [0, 0.1) is 0 Å². The first kappa shape index (κ1) is 19.9. The van der Waals surface area contributed by atoms with Gasteiger partial charge in [0.25, 0.3) is 0 Å². The summed E-state index contributed by atoms with van der Waals surface area (Å²) in [5.74, 6) is 0.839. The quantitative estimate of drug-likeness (QED) is 0.442. The number of anilines is 1. The van der Waals surface area contributed by atoms with Crippen molar-refractivity contribution >= 4 is 26.7 Å². The molecule has 0 atom stereocenters. The number of hydrogen-bond donors (Lipinski definition) is 1. The highest BCUT2D eigenvalue weighted by Crippen LogP contribution is 2.31. The Hall–Kier alpha value is -4.04. The van der Waals surface area contributed by atoms with E-state index >= 15 is 0 Å². The Morgan fingerprint density at radius 1 is 0.875 bits per heavy atom. The minimum Gasteiger partial charge on any atom is -0.382 e. The molecular weight excluding hydrogens is 422 g/mol. The summed E-state index contributed by atoms with van der Waals surface area (Å²) in [5, 5.41) is 0. The Labute approximate surface area is 186 Å². The molecule has 5 rings (SSSR count). The van der Waals surface area contributed by atoms with E-state index in [-0.39, 0.29) is 12.1 Å². The molecule has 0 spiro atoms. The van der Waals surface area contributed by atoms with Crippen molar-refractivity contribution in [3.8, 4) is 28.5 Å². The van der Waals surface area contributed by atoms with Crippen molar-refractivity contribution in [2.45, 2.75) is 4.90 Å². The van der Waals surface area contributed by atoms with E-state index in [1.807, 2.05) is 59.2 Å². The van der Waals surface area contributed by atoms with Gasteiger partial charge < -0.3 is 5.73 Å². The van der Waals surface area contributed by atoms with Crippen LogP contribution in [0.5, 0.6) is 0 Å². The second kappa shape index (κ2) is 7.58. The Bertz CT molecular complexity index is 1550. The van der Waals surface area contributed by atoms with E-state index in [2.05, 4.69) is 4.98 Å². The predicted molar refractivity (Wildman–Crippen MR) is 127 cm³/mol. The molecule has 0 aliphatic rings. The number of hydrogen-bond acceptors (Lipinski definition) is 6. The smallest absolute Gasteiger partial charge is 0.175 e. The molecule has 0 saturated carbocycles. The van der Waals surface area contributed by atoms with Crippen LogP contribution in [0.4, 0.5) is 5.82 Å². The van der Waals surface area contributed by atoms with E-state index in [1.165, 1.54) is 6.26 Å². The fraction of sp³-hybridized carbons (Fsp3) is 0.0417. The van der Waals surface area contributed by atoms with Gasteiger partial charge in [-0.05, 0) is 36.4 Å². The van der Waals surface area contributed by atoms with Gasteiger partial charge in [0.15, 0.2) is 21.5 Å². The molecule has 3 aromatic carbocycles. The van der Waals surface area contributed by atoms with Crippen molar-refractivity contribution in [1.82, 2.24) is 19.5 Å². The van der Waals surface area contributed by atoms with Crippen molar-refractivity contribution < 1.29 is 9.84 Å². The number of nitrogens with two attached hydrogens (primary N) is 1. The summed E-state index contributed by atoms with van der Waals surface area (Å²) in [5.41, 5.74) is 10.7. The van der Waals surface area contributed by atoms with Gasteiger partial charge in [0, 0.05) is 18.9 Å². The van der Waals surface area contributed by atoms with Crippen LogP contribution in [0.25, 0.3) is 39.5 Å². The molecule has 0 aliphatic carbocycles. The Kier molecular flexibility index (Phi) is 4.71. The van der Waals surface area contributed by atoms with Gasteiger partial charge in [0.1, 0.15) is 5.69 Å². The van der Waals surface area contributed by atoms with Gasteiger partial charge in [-0.25, -0.2) is 23.4 Å². The van der Waals surface area contributed by atoms with Crippen molar-refractivity contribution in [2.24, 2.45) is 0 Å². The van der Waals surface area contributed by atoms with Gasteiger partial charge in [-0.3, -0.25) is 4.57 Å². The molecule has 2 N–H and O–H groups in total. The van der Waals surface area contributed by atoms with Crippen LogP contribution in [0.3, 0.4) is 0 Å². The first-order chi connectivity index (χ1) is 15.4. The summed E-state index contributed by atoms with van der Waals surface area (Å²) >= 11 is 0. The van der Waals surface area contributed by atoms with Crippen LogP contribution in [0.15, 0.2) is 90.0 Å². The van der Waals surface area contributed by atoms with E-state index in [4.69, 9.17) is 15.7 Å². The first-order valence-corrected chi connectivity index (χ1v) is 11.8. The van der Waals surface area contributed by atoms with Gasteiger partial charge in [0.2, 0.25) is 0 Å². The third kappa shape index (κ3) is 3.50. The van der Waals surface area contributed by atoms with Crippen LogP contribution >= 0.6 is 0 Å². The lowest BCUT2D eigenvalue weighted by Gasteiger charge is -2.11. The second-order valence-corrected chi connectivity index (χ2v) is 9.40. The Balaban J connectivity index is 0.00000259. The summed E-state index contributed by atoms with van der Waals surface area (Å²) in [6.45, 7) is 0. The first-order valence-electron chi connectivity index (χ1n) is 9.88. The molecule has 5 aromatic rings. The molecule has 0 amide bonds. The van der Waals surface area contributed by atoms with E-state index < -0.39 is 9.84 Å². The maximum Gasteiger partial charge on any atom is 0.175 e. The number of imidazole rings is 1. The molecule has 32 heavy (non-hydrogen) atoms. The molecule has 0 aliphatic heterocycles. The fourth-order valence-corrected chi connectivity index (χ4v) is 4.23. The monoisotopic (exact) mass is 443 g/mol. The molecule has 7 nitrogen and oxygen atoms in total. The van der Waals surface area contributed by atoms with Gasteiger partial charge in [-0.2, -0.15) is 0 Å². The predicted octanol–water partition coefficient (Wildman–Crippen LogP) is 4.38. The molecule has 0 saturated heterocycles. The van der Waals surface area contributed by atoms with Crippen LogP contribution in [-0.2, 0) is 9.84 Å². The lowest BCUT2D eigenvalue weighted by molar-refractivity contribution is 0.602. The zero-order valence-electron chi connectivity index (χ0n) is 17.2. The molecule has 8 heteroatoms. The largest absolute Gasteiger partial charge is 0.382 e. The number of nitrogen functional groups attached to an aromatic ring is 1.